The van der Waals surface area contributed by atoms with Gasteiger partial charge < -0.3 is 20.8 Å². The lowest BCUT2D eigenvalue weighted by atomic mass is 9.80. The monoisotopic (exact) mass is 563 g/mol. The van der Waals surface area contributed by atoms with Gasteiger partial charge in [0.2, 0.25) is 16.9 Å². The van der Waals surface area contributed by atoms with Crippen LogP contribution in [0.4, 0.5) is 5.13 Å². The molecule has 5 N–H and O–H groups in total. The van der Waals surface area contributed by atoms with Crippen molar-refractivity contribution in [2.45, 2.75) is 41.7 Å². The molecule has 15 heteroatoms. The molecule has 1 aliphatic carbocycles. The largest absolute Gasteiger partial charge is 0.505 e. The molecule has 0 aromatic carbocycles. The zero-order chi connectivity index (χ0) is 26.2. The van der Waals surface area contributed by atoms with Gasteiger partial charge in [-0.1, -0.05) is 16.9 Å². The van der Waals surface area contributed by atoms with Gasteiger partial charge in [-0.05, 0) is 18.6 Å². The first-order valence-corrected chi connectivity index (χ1v) is 14.6. The summed E-state index contributed by atoms with van der Waals surface area (Å²) in [7, 11) is 0. The van der Waals surface area contributed by atoms with Crippen LogP contribution in [0, 0.1) is 0 Å². The van der Waals surface area contributed by atoms with Crippen LogP contribution in [-0.2, 0) is 30.3 Å². The Morgan fingerprint density at radius 1 is 1.43 bits per heavy atom. The molecule has 5 rings (SSSR count). The van der Waals surface area contributed by atoms with Crippen molar-refractivity contribution in [3.63, 3.8) is 0 Å². The van der Waals surface area contributed by atoms with E-state index in [4.69, 9.17) is 10.6 Å². The number of aromatic hydroxyl groups is 1. The summed E-state index contributed by atoms with van der Waals surface area (Å²) in [6.07, 6.45) is 4.96. The number of β-lactam (4-membered cyclic amide) rings is 1. The molecule has 194 valence electrons. The van der Waals surface area contributed by atoms with Gasteiger partial charge in [-0.15, -0.1) is 11.3 Å². The lowest BCUT2D eigenvalue weighted by Crippen LogP contribution is -2.61. The van der Waals surface area contributed by atoms with E-state index in [1.807, 2.05) is 0 Å². The lowest BCUT2D eigenvalue weighted by molar-refractivity contribution is -0.178. The number of aliphatic carboxylic acids is 1. The summed E-state index contributed by atoms with van der Waals surface area (Å²) in [5.41, 5.74) is 5.20. The number of carboxylic acids is 1. The molecular weight excluding hydrogens is 540 g/mol. The van der Waals surface area contributed by atoms with Crippen LogP contribution in [0.1, 0.15) is 31.4 Å². The van der Waals surface area contributed by atoms with E-state index in [2.05, 4.69) is 19.8 Å². The molecule has 2 amide bonds. The predicted octanol–water partition coefficient (Wildman–Crippen LogP) is 1.45. The van der Waals surface area contributed by atoms with Crippen molar-refractivity contribution < 1.29 is 29.4 Å². The van der Waals surface area contributed by atoms with Crippen molar-refractivity contribution in [1.29, 1.82) is 0 Å². The summed E-state index contributed by atoms with van der Waals surface area (Å²) in [5.74, 6) is -0.740. The van der Waals surface area contributed by atoms with Crippen molar-refractivity contribution in [1.82, 2.24) is 19.6 Å². The summed E-state index contributed by atoms with van der Waals surface area (Å²) in [6, 6.07) is 3.19. The second kappa shape index (κ2) is 10.2. The number of rotatable bonds is 9. The number of thiazole rings is 1. The Hall–Kier alpha value is -3.30. The van der Waals surface area contributed by atoms with E-state index < -0.39 is 28.6 Å². The number of hydrogen-bond donors (Lipinski definition) is 4. The third kappa shape index (κ3) is 5.10. The quantitative estimate of drug-likeness (QED) is 0.115. The maximum atomic E-state index is 13.4. The molecule has 1 saturated carbocycles. The summed E-state index contributed by atoms with van der Waals surface area (Å²) >= 11 is 1.70. The van der Waals surface area contributed by atoms with Crippen molar-refractivity contribution in [3.05, 3.63) is 41.2 Å². The van der Waals surface area contributed by atoms with Crippen LogP contribution in [0.15, 0.2) is 45.7 Å². The normalized spacial score (nSPS) is 22.3. The molecule has 37 heavy (non-hydrogen) atoms. The Labute approximate surface area is 222 Å². The molecule has 0 spiro atoms. The van der Waals surface area contributed by atoms with E-state index >= 15 is 0 Å². The number of anilines is 1. The summed E-state index contributed by atoms with van der Waals surface area (Å²) in [4.78, 5) is 52.6. The number of carbonyl (C=O) groups is 3. The second-order valence-electron chi connectivity index (χ2n) is 8.62. The Morgan fingerprint density at radius 3 is 2.86 bits per heavy atom. The van der Waals surface area contributed by atoms with Crippen LogP contribution in [-0.4, -0.2) is 71.1 Å². The number of amides is 2. The van der Waals surface area contributed by atoms with Crippen molar-refractivity contribution in [2.24, 2.45) is 5.16 Å². The molecule has 0 bridgehead atoms. The smallest absolute Gasteiger partial charge is 0.350 e. The van der Waals surface area contributed by atoms with Gasteiger partial charge in [0.25, 0.3) is 0 Å². The van der Waals surface area contributed by atoms with E-state index in [-0.39, 0.29) is 33.6 Å². The Kier molecular flexibility index (Phi) is 7.00. The Morgan fingerprint density at radius 2 is 2.24 bits per heavy atom. The van der Waals surface area contributed by atoms with E-state index in [0.717, 1.165) is 16.9 Å². The van der Waals surface area contributed by atoms with Gasteiger partial charge in [-0.3, -0.25) is 14.5 Å². The minimum atomic E-state index is -1.46. The van der Waals surface area contributed by atoms with Gasteiger partial charge >= 0.3 is 11.9 Å². The standard InChI is InChI=1S/C22H22N6O6S3/c23-21-25-13(10-36-21)17(26-34-22(20(32)33)4-2-5-22)18(31)27-37-11-12(8-28-15(30)7-16(28)37)9-35-19-14(29)3-1-6-24-19/h1,3,6,8,10,16H,2,4-5,7,9,11H2,(H4-,23,25,27,29,31,32,33)/p+1/t16-,37?/m1/s1. The van der Waals surface area contributed by atoms with Gasteiger partial charge in [0, 0.05) is 41.9 Å². The van der Waals surface area contributed by atoms with Gasteiger partial charge in [0.1, 0.15) is 27.6 Å². The van der Waals surface area contributed by atoms with Crippen molar-refractivity contribution in [2.75, 3.05) is 17.2 Å². The van der Waals surface area contributed by atoms with Gasteiger partial charge in [0.05, 0.1) is 6.42 Å². The first-order valence-electron chi connectivity index (χ1n) is 11.2. The lowest BCUT2D eigenvalue weighted by Gasteiger charge is -2.39. The molecule has 1 unspecified atom stereocenters. The van der Waals surface area contributed by atoms with Crippen LogP contribution < -0.4 is 10.5 Å². The molecular formula is C22H23N6O6S3+. The molecule has 2 aromatic heterocycles. The average molecular weight is 564 g/mol. The minimum absolute atomic E-state index is 0.0440. The van der Waals surface area contributed by atoms with Gasteiger partial charge in [-0.2, -0.15) is 4.72 Å². The van der Waals surface area contributed by atoms with E-state index in [0.29, 0.717) is 42.2 Å². The third-order valence-corrected chi connectivity index (χ3v) is 10.1. The molecule has 0 radical (unpaired) electrons. The molecule has 3 aliphatic rings. The first-order chi connectivity index (χ1) is 17.8. The number of hydrogen-bond acceptors (Lipinski definition) is 11. The second-order valence-corrected chi connectivity index (χ2v) is 12.4. The average Bonchev–Trinajstić information content (AvgIpc) is 3.26. The maximum absolute atomic E-state index is 13.4. The SMILES string of the molecule is Nc1nc(C(=NOC2(C(=O)O)CCC2)C(=O)N[S+]2CC(CSc3ncccc3O)=CN3C(=O)C[C@H]32)cs1. The van der Waals surface area contributed by atoms with Crippen molar-refractivity contribution in [3.8, 4) is 5.75 Å². The number of nitrogens with zero attached hydrogens (tertiary/aromatic N) is 4. The number of nitrogens with one attached hydrogen (secondary N) is 1. The molecule has 2 aliphatic heterocycles. The van der Waals surface area contributed by atoms with Crippen molar-refractivity contribution >= 4 is 62.8 Å². The fraction of sp³-hybridized carbons (Fsp3) is 0.364. The van der Waals surface area contributed by atoms with E-state index in [9.17, 15) is 24.6 Å². The van der Waals surface area contributed by atoms with Gasteiger partial charge in [0.15, 0.2) is 16.6 Å². The highest BCUT2D eigenvalue weighted by molar-refractivity contribution is 7.99. The number of oxime groups is 1. The first kappa shape index (κ1) is 25.4. The molecule has 2 fully saturated rings. The Balaban J connectivity index is 1.33. The zero-order valence-electron chi connectivity index (χ0n) is 19.3. The summed E-state index contributed by atoms with van der Waals surface area (Å²) in [6.45, 7) is 0. The third-order valence-electron chi connectivity index (χ3n) is 6.15. The molecule has 1 saturated heterocycles. The molecule has 12 nitrogen and oxygen atoms in total. The topological polar surface area (TPSA) is 180 Å². The number of carbonyl (C=O) groups excluding carboxylic acids is 2. The number of aromatic nitrogens is 2. The number of thioether (sulfide) groups is 1. The predicted molar refractivity (Wildman–Crippen MR) is 139 cm³/mol. The summed E-state index contributed by atoms with van der Waals surface area (Å²) in [5, 5.41) is 25.6. The Bertz CT molecular complexity index is 1310. The van der Waals surface area contributed by atoms with Crippen LogP contribution in [0.2, 0.25) is 0 Å². The summed E-state index contributed by atoms with van der Waals surface area (Å²) < 4.78 is 2.97. The van der Waals surface area contributed by atoms with Crippen LogP contribution >= 0.6 is 23.1 Å². The number of fused-ring (bicyclic) bond motifs is 1. The highest BCUT2D eigenvalue weighted by Gasteiger charge is 2.53. The number of pyridine rings is 1. The highest BCUT2D eigenvalue weighted by atomic mass is 32.2. The van der Waals surface area contributed by atoms with E-state index in [1.165, 1.54) is 11.8 Å². The maximum Gasteiger partial charge on any atom is 0.350 e. The number of nitrogens with two attached hydrogens (primary N) is 1. The fourth-order valence-corrected chi connectivity index (χ4v) is 7.54. The minimum Gasteiger partial charge on any atom is -0.505 e. The number of carboxylic acid groups (broad SMARTS) is 1. The molecule has 4 heterocycles. The fourth-order valence-electron chi connectivity index (χ4n) is 3.91. The highest BCUT2D eigenvalue weighted by Crippen LogP contribution is 2.37. The van der Waals surface area contributed by atoms with E-state index in [1.54, 1.807) is 34.8 Å². The van der Waals surface area contributed by atoms with Crippen LogP contribution in [0.25, 0.3) is 0 Å². The van der Waals surface area contributed by atoms with Crippen LogP contribution in [0.3, 0.4) is 0 Å². The van der Waals surface area contributed by atoms with Gasteiger partial charge in [-0.25, -0.2) is 14.8 Å². The number of nitrogen functional groups attached to an aromatic ring is 1. The van der Waals surface area contributed by atoms with Crippen LogP contribution in [0.5, 0.6) is 5.75 Å². The zero-order valence-corrected chi connectivity index (χ0v) is 21.8. The molecule has 2 atom stereocenters. The molecule has 2 aromatic rings.